The highest BCUT2D eigenvalue weighted by Crippen LogP contribution is 2.35. The smallest absolute Gasteiger partial charge is 0.209 e. The van der Waals surface area contributed by atoms with Crippen LogP contribution in [0.3, 0.4) is 0 Å². The summed E-state index contributed by atoms with van der Waals surface area (Å²) in [6.07, 6.45) is 1.79. The van der Waals surface area contributed by atoms with E-state index in [4.69, 9.17) is 11.6 Å². The van der Waals surface area contributed by atoms with Crippen LogP contribution in [0.1, 0.15) is 47.1 Å². The largest absolute Gasteiger partial charge is 0.348 e. The molecule has 0 aliphatic rings. The quantitative estimate of drug-likeness (QED) is 0.615. The minimum Gasteiger partial charge on any atom is -0.348 e. The Bertz CT molecular complexity index is 606. The second-order valence-corrected chi connectivity index (χ2v) is 7.24. The highest BCUT2D eigenvalue weighted by Gasteiger charge is 2.18. The van der Waals surface area contributed by atoms with E-state index in [1.54, 1.807) is 4.90 Å². The summed E-state index contributed by atoms with van der Waals surface area (Å²) in [7, 11) is 1.82. The number of thiophene rings is 1. The molecule has 23 heavy (non-hydrogen) atoms. The van der Waals surface area contributed by atoms with Gasteiger partial charge in [-0.3, -0.25) is 4.79 Å². The Morgan fingerprint density at radius 1 is 1.22 bits per heavy atom. The van der Waals surface area contributed by atoms with E-state index in [1.807, 2.05) is 44.4 Å². The lowest BCUT2D eigenvalue weighted by Gasteiger charge is -2.20. The summed E-state index contributed by atoms with van der Waals surface area (Å²) in [5.74, 6) is 0.301. The Hall–Kier alpha value is -1.32. The molecule has 4 heteroatoms. The zero-order valence-electron chi connectivity index (χ0n) is 14.6. The van der Waals surface area contributed by atoms with E-state index in [0.717, 1.165) is 24.4 Å². The number of aryl methyl sites for hydroxylation is 2. The van der Waals surface area contributed by atoms with Crippen molar-refractivity contribution in [1.82, 2.24) is 4.90 Å². The second kappa shape index (κ2) is 9.74. The van der Waals surface area contributed by atoms with E-state index < -0.39 is 0 Å². The van der Waals surface area contributed by atoms with Crippen molar-refractivity contribution in [1.29, 1.82) is 0 Å². The number of benzene rings is 1. The fraction of sp³-hybridized carbons (Fsp3) is 0.421. The Labute approximate surface area is 149 Å². The van der Waals surface area contributed by atoms with E-state index >= 15 is 0 Å². The summed E-state index contributed by atoms with van der Waals surface area (Å²) in [5.41, 5.74) is 2.61. The van der Waals surface area contributed by atoms with Crippen molar-refractivity contribution >= 4 is 29.3 Å². The zero-order chi connectivity index (χ0) is 17.4. The fourth-order valence-electron chi connectivity index (χ4n) is 2.58. The summed E-state index contributed by atoms with van der Waals surface area (Å²) in [6.45, 7) is 9.04. The summed E-state index contributed by atoms with van der Waals surface area (Å²) < 4.78 is 0. The summed E-state index contributed by atoms with van der Waals surface area (Å²) in [6, 6.07) is 10.3. The molecule has 2 aromatic rings. The first-order valence-electron chi connectivity index (χ1n) is 7.99. The molecule has 1 unspecified atom stereocenters. The van der Waals surface area contributed by atoms with Crippen LogP contribution in [-0.2, 0) is 4.79 Å². The highest BCUT2D eigenvalue weighted by molar-refractivity contribution is 7.12. The normalized spacial score (nSPS) is 11.4. The van der Waals surface area contributed by atoms with Gasteiger partial charge in [0.05, 0.1) is 0 Å². The predicted octanol–water partition coefficient (Wildman–Crippen LogP) is 5.65. The monoisotopic (exact) mass is 351 g/mol. The first-order valence-corrected chi connectivity index (χ1v) is 9.18. The van der Waals surface area contributed by atoms with Gasteiger partial charge in [-0.1, -0.05) is 37.6 Å². The number of carbonyl (C=O) groups is 1. The molecule has 0 bridgehead atoms. The maximum atomic E-state index is 10.8. The summed E-state index contributed by atoms with van der Waals surface area (Å²) in [4.78, 5) is 15.2. The topological polar surface area (TPSA) is 20.3 Å². The maximum Gasteiger partial charge on any atom is 0.209 e. The number of rotatable bonds is 6. The Balaban J connectivity index is 0.00000127. The minimum atomic E-state index is 0.301. The Kier molecular flexibility index (Phi) is 8.35. The fourth-order valence-corrected chi connectivity index (χ4v) is 3.69. The Morgan fingerprint density at radius 2 is 1.83 bits per heavy atom. The Morgan fingerprint density at radius 3 is 2.30 bits per heavy atom. The van der Waals surface area contributed by atoms with Crippen LogP contribution >= 0.6 is 22.9 Å². The summed E-state index contributed by atoms with van der Waals surface area (Å²) in [5, 5.41) is 0.751. The molecule has 0 spiro atoms. The lowest BCUT2D eigenvalue weighted by atomic mass is 9.88. The van der Waals surface area contributed by atoms with Crippen LogP contribution in [-0.4, -0.2) is 24.9 Å². The lowest BCUT2D eigenvalue weighted by molar-refractivity contribution is -0.117. The van der Waals surface area contributed by atoms with E-state index in [2.05, 4.69) is 32.0 Å². The van der Waals surface area contributed by atoms with Crippen molar-refractivity contribution in [3.05, 3.63) is 56.2 Å². The average molecular weight is 352 g/mol. The molecule has 0 saturated carbocycles. The van der Waals surface area contributed by atoms with E-state index in [-0.39, 0.29) is 0 Å². The van der Waals surface area contributed by atoms with E-state index in [1.165, 1.54) is 20.9 Å². The molecule has 2 rings (SSSR count). The number of hydrogen-bond acceptors (Lipinski definition) is 2. The molecule has 126 valence electrons. The van der Waals surface area contributed by atoms with Crippen molar-refractivity contribution in [3.8, 4) is 0 Å². The standard InChI is InChI=1S/C17H20ClNOS.C2H6/c1-12-10-17(13(2)21-12)16(8-9-19(3)11-20)14-4-6-15(18)7-5-14;1-2/h4-7,10-11,16H,8-9H2,1-3H3;1-2H3. The number of amides is 1. The van der Waals surface area contributed by atoms with Gasteiger partial charge in [-0.2, -0.15) is 0 Å². The van der Waals surface area contributed by atoms with Gasteiger partial charge in [-0.15, -0.1) is 11.3 Å². The van der Waals surface area contributed by atoms with Crippen molar-refractivity contribution in [3.63, 3.8) is 0 Å². The number of nitrogens with zero attached hydrogens (tertiary/aromatic N) is 1. The SMILES string of the molecule is CC.Cc1cc(C(CCN(C)C=O)c2ccc(Cl)cc2)c(C)s1. The molecule has 1 heterocycles. The second-order valence-electron chi connectivity index (χ2n) is 5.35. The first kappa shape index (κ1) is 19.7. The molecule has 0 aliphatic carbocycles. The molecule has 1 aromatic carbocycles. The molecule has 2 nitrogen and oxygen atoms in total. The highest BCUT2D eigenvalue weighted by atomic mass is 35.5. The minimum absolute atomic E-state index is 0.301. The van der Waals surface area contributed by atoms with Gasteiger partial charge < -0.3 is 4.90 Å². The van der Waals surface area contributed by atoms with Crippen LogP contribution in [0.4, 0.5) is 0 Å². The van der Waals surface area contributed by atoms with Gasteiger partial charge >= 0.3 is 0 Å². The van der Waals surface area contributed by atoms with E-state index in [0.29, 0.717) is 5.92 Å². The van der Waals surface area contributed by atoms with Crippen LogP contribution < -0.4 is 0 Å². The van der Waals surface area contributed by atoms with Crippen LogP contribution in [0, 0.1) is 13.8 Å². The first-order chi connectivity index (χ1) is 11.0. The summed E-state index contributed by atoms with van der Waals surface area (Å²) >= 11 is 7.82. The zero-order valence-corrected chi connectivity index (χ0v) is 16.2. The molecule has 1 amide bonds. The van der Waals surface area contributed by atoms with Crippen molar-refractivity contribution < 1.29 is 4.79 Å². The third kappa shape index (κ3) is 5.67. The molecule has 1 aromatic heterocycles. The number of halogens is 1. The lowest BCUT2D eigenvalue weighted by Crippen LogP contribution is -2.19. The molecular formula is C19H26ClNOS. The molecule has 0 radical (unpaired) electrons. The van der Waals surface area contributed by atoms with Crippen LogP contribution in [0.15, 0.2) is 30.3 Å². The van der Waals surface area contributed by atoms with Crippen molar-refractivity contribution in [2.24, 2.45) is 0 Å². The van der Waals surface area contributed by atoms with Crippen LogP contribution in [0.5, 0.6) is 0 Å². The van der Waals surface area contributed by atoms with Crippen molar-refractivity contribution in [2.45, 2.75) is 40.0 Å². The van der Waals surface area contributed by atoms with Gasteiger partial charge in [0.2, 0.25) is 6.41 Å². The number of hydrogen-bond donors (Lipinski definition) is 0. The third-order valence-corrected chi connectivity index (χ3v) is 4.91. The van der Waals surface area contributed by atoms with E-state index in [9.17, 15) is 4.79 Å². The molecule has 1 atom stereocenters. The molecule has 0 aliphatic heterocycles. The predicted molar refractivity (Wildman–Crippen MR) is 102 cm³/mol. The van der Waals surface area contributed by atoms with Gasteiger partial charge in [0, 0.05) is 34.3 Å². The number of carbonyl (C=O) groups excluding carboxylic acids is 1. The third-order valence-electron chi connectivity index (χ3n) is 3.68. The van der Waals surface area contributed by atoms with Gasteiger partial charge in [-0.25, -0.2) is 0 Å². The van der Waals surface area contributed by atoms with Crippen LogP contribution in [0.25, 0.3) is 0 Å². The van der Waals surface area contributed by atoms with Gasteiger partial charge in [-0.05, 0) is 49.6 Å². The van der Waals surface area contributed by atoms with Gasteiger partial charge in [0.25, 0.3) is 0 Å². The molecule has 0 saturated heterocycles. The van der Waals surface area contributed by atoms with Gasteiger partial charge in [0.1, 0.15) is 0 Å². The molecule has 0 N–H and O–H groups in total. The maximum absolute atomic E-state index is 10.8. The van der Waals surface area contributed by atoms with Gasteiger partial charge in [0.15, 0.2) is 0 Å². The molecular weight excluding hydrogens is 326 g/mol. The average Bonchev–Trinajstić information content (AvgIpc) is 2.89. The molecule has 0 fully saturated rings. The van der Waals surface area contributed by atoms with Crippen LogP contribution in [0.2, 0.25) is 5.02 Å². The van der Waals surface area contributed by atoms with Crippen molar-refractivity contribution in [2.75, 3.05) is 13.6 Å².